The lowest BCUT2D eigenvalue weighted by molar-refractivity contribution is 0.199. The molecule has 1 aliphatic rings. The lowest BCUT2D eigenvalue weighted by atomic mass is 10.0. The van der Waals surface area contributed by atoms with Gasteiger partial charge < -0.3 is 15.6 Å². The number of hydrogen-bond donors (Lipinski definition) is 2. The zero-order valence-electron chi connectivity index (χ0n) is 25.2. The first-order chi connectivity index (χ1) is 22.4. The van der Waals surface area contributed by atoms with Crippen LogP contribution < -0.4 is 11.1 Å². The Morgan fingerprint density at radius 3 is 2.63 bits per heavy atom. The average Bonchev–Trinajstić information content (AvgIpc) is 3.61. The van der Waals surface area contributed by atoms with E-state index < -0.39 is 0 Å². The van der Waals surface area contributed by atoms with E-state index in [9.17, 15) is 0 Å². The molecule has 0 bridgehead atoms. The number of imidazole rings is 1. The first-order valence-electron chi connectivity index (χ1n) is 14.9. The number of halogens is 1. The maximum absolute atomic E-state index is 9.11. The van der Waals surface area contributed by atoms with Gasteiger partial charge in [-0.2, -0.15) is 5.26 Å². The Labute approximate surface area is 278 Å². The number of aryl methyl sites for hydroxylation is 2. The van der Waals surface area contributed by atoms with Crippen molar-refractivity contribution in [1.29, 1.82) is 5.26 Å². The summed E-state index contributed by atoms with van der Waals surface area (Å²) in [5, 5.41) is 16.7. The third-order valence-corrected chi connectivity index (χ3v) is 9.50. The van der Waals surface area contributed by atoms with E-state index in [0.717, 1.165) is 59.7 Å². The van der Waals surface area contributed by atoms with E-state index in [4.69, 9.17) is 25.5 Å². The van der Waals surface area contributed by atoms with Crippen molar-refractivity contribution in [3.05, 3.63) is 89.8 Å². The summed E-state index contributed by atoms with van der Waals surface area (Å²) in [5.41, 5.74) is 13.1. The lowest BCUT2D eigenvalue weighted by Gasteiger charge is -2.37. The number of rotatable bonds is 7. The van der Waals surface area contributed by atoms with E-state index >= 15 is 0 Å². The molecule has 7 rings (SSSR count). The highest BCUT2D eigenvalue weighted by molar-refractivity contribution is 14.1. The molecule has 5 aromatic heterocycles. The SMILES string of the molecule is Cc1noc(C)c1-c1ccc2nc(-c3cccnc3N)n(-c3ccc(CN4CCC(Nc5ccnc(C#N)n5)CC4I)cc3)c2n1. The zero-order chi connectivity index (χ0) is 31.8. The van der Waals surface area contributed by atoms with Gasteiger partial charge in [0.15, 0.2) is 11.5 Å². The van der Waals surface area contributed by atoms with Crippen LogP contribution in [0.25, 0.3) is 39.5 Å². The van der Waals surface area contributed by atoms with Crippen molar-refractivity contribution in [2.75, 3.05) is 17.6 Å². The molecule has 1 aliphatic heterocycles. The summed E-state index contributed by atoms with van der Waals surface area (Å²) in [6.45, 7) is 5.57. The van der Waals surface area contributed by atoms with Crippen LogP contribution in [0.3, 0.4) is 0 Å². The Balaban J connectivity index is 1.16. The van der Waals surface area contributed by atoms with Crippen molar-refractivity contribution < 1.29 is 4.52 Å². The molecule has 0 radical (unpaired) electrons. The molecule has 6 heterocycles. The standard InChI is InChI=1S/C33H30IN11O/c1-19-30(20(2)46-43-19)25-9-10-26-33(40-25)45(32(41-26)24-4-3-13-38-31(24)36)23-7-5-21(6-8-23)18-44-15-12-22(16-27(44)34)39-28-11-14-37-29(17-35)42-28/h3-11,13-14,22,27H,12,15-16,18H2,1-2H3,(H2,36,38)(H,37,39,42). The van der Waals surface area contributed by atoms with E-state index in [-0.39, 0.29) is 11.9 Å². The molecule has 6 aromatic rings. The quantitative estimate of drug-likeness (QED) is 0.116. The number of piperidine rings is 1. The molecule has 1 fully saturated rings. The van der Waals surface area contributed by atoms with Gasteiger partial charge in [-0.3, -0.25) is 9.47 Å². The highest BCUT2D eigenvalue weighted by Gasteiger charge is 2.27. The van der Waals surface area contributed by atoms with Gasteiger partial charge in [0, 0.05) is 37.2 Å². The second kappa shape index (κ2) is 12.5. The van der Waals surface area contributed by atoms with Crippen LogP contribution in [0.2, 0.25) is 0 Å². The molecule has 2 unspecified atom stereocenters. The van der Waals surface area contributed by atoms with Crippen LogP contribution in [-0.4, -0.2) is 56.2 Å². The first kappa shape index (κ1) is 29.8. The van der Waals surface area contributed by atoms with Crippen LogP contribution in [0.1, 0.15) is 35.7 Å². The van der Waals surface area contributed by atoms with Crippen molar-refractivity contribution in [3.8, 4) is 34.4 Å². The van der Waals surface area contributed by atoms with Gasteiger partial charge >= 0.3 is 0 Å². The second-order valence-electron chi connectivity index (χ2n) is 11.3. The fourth-order valence-electron chi connectivity index (χ4n) is 5.94. The predicted molar refractivity (Wildman–Crippen MR) is 183 cm³/mol. The molecular formula is C33H30IN11O. The van der Waals surface area contributed by atoms with Gasteiger partial charge in [0.25, 0.3) is 0 Å². The highest BCUT2D eigenvalue weighted by atomic mass is 127. The number of nitriles is 1. The number of alkyl halides is 1. The Morgan fingerprint density at radius 1 is 1.04 bits per heavy atom. The summed E-state index contributed by atoms with van der Waals surface area (Å²) in [6.07, 6.45) is 5.22. The number of nitrogens with one attached hydrogen (secondary N) is 1. The third-order valence-electron chi connectivity index (χ3n) is 8.20. The molecule has 230 valence electrons. The van der Waals surface area contributed by atoms with Gasteiger partial charge in [-0.25, -0.2) is 24.9 Å². The minimum Gasteiger partial charge on any atom is -0.383 e. The van der Waals surface area contributed by atoms with E-state index in [1.807, 2.05) is 54.8 Å². The summed E-state index contributed by atoms with van der Waals surface area (Å²) in [6, 6.07) is 20.3. The summed E-state index contributed by atoms with van der Waals surface area (Å²) in [4.78, 5) is 25.1. The van der Waals surface area contributed by atoms with Crippen LogP contribution in [0, 0.1) is 25.2 Å². The number of anilines is 2. The number of benzene rings is 1. The minimum atomic E-state index is 0.174. The monoisotopic (exact) mass is 723 g/mol. The smallest absolute Gasteiger partial charge is 0.234 e. The largest absolute Gasteiger partial charge is 0.383 e. The summed E-state index contributed by atoms with van der Waals surface area (Å²) < 4.78 is 7.81. The van der Waals surface area contributed by atoms with Crippen LogP contribution in [0.4, 0.5) is 11.6 Å². The zero-order valence-corrected chi connectivity index (χ0v) is 27.4. The molecule has 1 aromatic carbocycles. The molecule has 1 saturated heterocycles. The number of nitrogens with zero attached hydrogens (tertiary/aromatic N) is 9. The lowest BCUT2D eigenvalue weighted by Crippen LogP contribution is -2.43. The molecule has 2 atom stereocenters. The summed E-state index contributed by atoms with van der Waals surface area (Å²) in [5.74, 6) is 2.65. The van der Waals surface area contributed by atoms with Gasteiger partial charge in [0.2, 0.25) is 5.82 Å². The Morgan fingerprint density at radius 2 is 1.89 bits per heavy atom. The van der Waals surface area contributed by atoms with Crippen LogP contribution >= 0.6 is 22.6 Å². The van der Waals surface area contributed by atoms with Crippen molar-refractivity contribution in [2.45, 2.75) is 43.3 Å². The number of aromatic nitrogens is 7. The van der Waals surface area contributed by atoms with Crippen LogP contribution in [0.5, 0.6) is 0 Å². The van der Waals surface area contributed by atoms with Crippen molar-refractivity contribution in [3.63, 3.8) is 0 Å². The number of nitrogen functional groups attached to an aromatic ring is 1. The average molecular weight is 724 g/mol. The van der Waals surface area contributed by atoms with E-state index in [0.29, 0.717) is 32.9 Å². The van der Waals surface area contributed by atoms with Gasteiger partial charge in [-0.1, -0.05) is 39.9 Å². The molecule has 46 heavy (non-hydrogen) atoms. The summed E-state index contributed by atoms with van der Waals surface area (Å²) >= 11 is 2.52. The molecule has 0 amide bonds. The second-order valence-corrected chi connectivity index (χ2v) is 12.7. The van der Waals surface area contributed by atoms with E-state index in [2.05, 4.69) is 77.2 Å². The van der Waals surface area contributed by atoms with Crippen LogP contribution in [0.15, 0.2) is 71.5 Å². The number of fused-ring (bicyclic) bond motifs is 1. The number of pyridine rings is 2. The molecular weight excluding hydrogens is 693 g/mol. The molecule has 0 aliphatic carbocycles. The van der Waals surface area contributed by atoms with E-state index in [1.165, 1.54) is 5.56 Å². The number of hydrogen-bond acceptors (Lipinski definition) is 11. The van der Waals surface area contributed by atoms with Gasteiger partial charge in [0.1, 0.15) is 29.0 Å². The maximum atomic E-state index is 9.11. The fourth-order valence-corrected chi connectivity index (χ4v) is 7.03. The Kier molecular flexibility index (Phi) is 8.05. The van der Waals surface area contributed by atoms with Crippen LogP contribution in [-0.2, 0) is 6.54 Å². The normalized spacial score (nSPS) is 16.8. The van der Waals surface area contributed by atoms with Crippen molar-refractivity contribution in [1.82, 2.24) is 39.5 Å². The van der Waals surface area contributed by atoms with Crippen molar-refractivity contribution >= 4 is 45.4 Å². The minimum absolute atomic E-state index is 0.174. The number of nitrogens with two attached hydrogens (primary N) is 1. The topological polar surface area (TPSA) is 160 Å². The Hall–Kier alpha value is -4.94. The molecule has 0 saturated carbocycles. The molecule has 0 spiro atoms. The van der Waals surface area contributed by atoms with Crippen molar-refractivity contribution in [2.24, 2.45) is 0 Å². The molecule has 3 N–H and O–H groups in total. The number of likely N-dealkylation sites (tertiary alicyclic amines) is 1. The van der Waals surface area contributed by atoms with Gasteiger partial charge in [-0.05, 0) is 74.7 Å². The summed E-state index contributed by atoms with van der Waals surface area (Å²) in [7, 11) is 0. The fraction of sp³-hybridized carbons (Fsp3) is 0.242. The molecule has 12 nitrogen and oxygen atoms in total. The van der Waals surface area contributed by atoms with Gasteiger partial charge in [-0.15, -0.1) is 0 Å². The maximum Gasteiger partial charge on any atom is 0.234 e. The van der Waals surface area contributed by atoms with Gasteiger partial charge in [0.05, 0.1) is 26.6 Å². The predicted octanol–water partition coefficient (Wildman–Crippen LogP) is 5.84. The van der Waals surface area contributed by atoms with E-state index in [1.54, 1.807) is 12.4 Å². The Bertz CT molecular complexity index is 2060. The molecule has 13 heteroatoms. The highest BCUT2D eigenvalue weighted by Crippen LogP contribution is 2.33. The third kappa shape index (κ3) is 5.77. The first-order valence-corrected chi connectivity index (χ1v) is 16.1.